The predicted molar refractivity (Wildman–Crippen MR) is 42.3 cm³/mol. The van der Waals surface area contributed by atoms with Gasteiger partial charge in [-0.2, -0.15) is 0 Å². The maximum atomic E-state index is 3.45. The van der Waals surface area contributed by atoms with Crippen LogP contribution < -0.4 is 5.19 Å². The maximum Gasteiger partial charge on any atom is 0.0604 e. The molecular formula is C7H7Si2. The molecule has 0 amide bonds. The molecule has 0 atom stereocenters. The van der Waals surface area contributed by atoms with Crippen molar-refractivity contribution in [2.45, 2.75) is 6.92 Å². The van der Waals surface area contributed by atoms with Crippen LogP contribution in [0.2, 0.25) is 0 Å². The fourth-order valence-corrected chi connectivity index (χ4v) is 1.47. The van der Waals surface area contributed by atoms with Gasteiger partial charge in [-0.1, -0.05) is 35.0 Å². The first kappa shape index (κ1) is 6.77. The Morgan fingerprint density at radius 1 is 1.22 bits per heavy atom. The molecule has 1 aromatic carbocycles. The van der Waals surface area contributed by atoms with E-state index in [-0.39, 0.29) is 0 Å². The molecule has 0 aromatic heterocycles. The zero-order valence-corrected chi connectivity index (χ0v) is 7.31. The molecule has 0 aliphatic carbocycles. The molecular weight excluding hydrogens is 140 g/mol. The summed E-state index contributed by atoms with van der Waals surface area (Å²) in [6.45, 7) is 2.10. The fourth-order valence-electron chi connectivity index (χ4n) is 0.637. The topological polar surface area (TPSA) is 0 Å². The van der Waals surface area contributed by atoms with Crippen molar-refractivity contribution in [3.8, 4) is 0 Å². The van der Waals surface area contributed by atoms with Crippen LogP contribution in [0.4, 0.5) is 0 Å². The Bertz CT molecular complexity index is 179. The van der Waals surface area contributed by atoms with Crippen molar-refractivity contribution >= 4 is 24.0 Å². The second-order valence-electron chi connectivity index (χ2n) is 1.99. The highest BCUT2D eigenvalue weighted by molar-refractivity contribution is 6.97. The summed E-state index contributed by atoms with van der Waals surface area (Å²) in [5, 5.41) is 1.36. The molecule has 0 N–H and O–H groups in total. The third-order valence-corrected chi connectivity index (χ3v) is 2.68. The minimum absolute atomic E-state index is 0.732. The molecule has 2 heteroatoms. The van der Waals surface area contributed by atoms with Gasteiger partial charge in [-0.3, -0.25) is 0 Å². The Morgan fingerprint density at radius 2 is 1.78 bits per heavy atom. The molecule has 1 aromatic rings. The molecule has 5 radical (unpaired) electrons. The lowest BCUT2D eigenvalue weighted by molar-refractivity contribution is 1.49. The Balaban J connectivity index is 2.88. The van der Waals surface area contributed by atoms with Crippen LogP contribution in [0.1, 0.15) is 5.56 Å². The first-order chi connectivity index (χ1) is 4.33. The van der Waals surface area contributed by atoms with Gasteiger partial charge >= 0.3 is 0 Å². The zero-order chi connectivity index (χ0) is 6.69. The maximum absolute atomic E-state index is 3.45. The quantitative estimate of drug-likeness (QED) is 0.505. The van der Waals surface area contributed by atoms with E-state index in [0.29, 0.717) is 0 Å². The monoisotopic (exact) mass is 147 g/mol. The molecule has 0 saturated heterocycles. The largest absolute Gasteiger partial charge is 0.0681 e. The Kier molecular flexibility index (Phi) is 2.25. The average molecular weight is 147 g/mol. The van der Waals surface area contributed by atoms with Crippen LogP contribution in [0.5, 0.6) is 0 Å². The second kappa shape index (κ2) is 2.99. The lowest BCUT2D eigenvalue weighted by Crippen LogP contribution is -2.12. The zero-order valence-electron chi connectivity index (χ0n) is 5.31. The van der Waals surface area contributed by atoms with Crippen molar-refractivity contribution in [2.24, 2.45) is 0 Å². The van der Waals surface area contributed by atoms with E-state index in [2.05, 4.69) is 40.9 Å². The van der Waals surface area contributed by atoms with E-state index < -0.39 is 0 Å². The summed E-state index contributed by atoms with van der Waals surface area (Å²) in [4.78, 5) is 0. The van der Waals surface area contributed by atoms with Gasteiger partial charge in [0.1, 0.15) is 0 Å². The van der Waals surface area contributed by atoms with Gasteiger partial charge in [-0.15, -0.1) is 0 Å². The van der Waals surface area contributed by atoms with Gasteiger partial charge in [0.25, 0.3) is 0 Å². The first-order valence-electron chi connectivity index (χ1n) is 2.82. The molecule has 9 heavy (non-hydrogen) atoms. The minimum Gasteiger partial charge on any atom is -0.0681 e. The van der Waals surface area contributed by atoms with Crippen molar-refractivity contribution in [3.63, 3.8) is 0 Å². The highest BCUT2D eigenvalue weighted by atomic mass is 29.1. The van der Waals surface area contributed by atoms with Crippen LogP contribution in [-0.2, 0) is 0 Å². The third kappa shape index (κ3) is 1.80. The number of hydrogen-bond acceptors (Lipinski definition) is 0. The summed E-state index contributed by atoms with van der Waals surface area (Å²) in [6, 6.07) is 8.53. The number of aryl methyl sites for hydroxylation is 1. The molecule has 0 heterocycles. The lowest BCUT2D eigenvalue weighted by atomic mass is 10.2. The SMILES string of the molecule is Cc1ccc([Si][Si])cc1. The van der Waals surface area contributed by atoms with Crippen LogP contribution >= 0.6 is 0 Å². The van der Waals surface area contributed by atoms with Crippen molar-refractivity contribution in [1.82, 2.24) is 0 Å². The van der Waals surface area contributed by atoms with E-state index in [4.69, 9.17) is 0 Å². The molecule has 43 valence electrons. The van der Waals surface area contributed by atoms with Crippen molar-refractivity contribution < 1.29 is 0 Å². The molecule has 0 saturated carbocycles. The van der Waals surface area contributed by atoms with E-state index in [1.165, 1.54) is 10.8 Å². The minimum atomic E-state index is 0.732. The third-order valence-electron chi connectivity index (χ3n) is 1.20. The van der Waals surface area contributed by atoms with Gasteiger partial charge < -0.3 is 0 Å². The Morgan fingerprint density at radius 3 is 2.22 bits per heavy atom. The van der Waals surface area contributed by atoms with Crippen LogP contribution in [0, 0.1) is 6.92 Å². The number of hydrogen-bond donors (Lipinski definition) is 0. The second-order valence-corrected chi connectivity index (χ2v) is 3.57. The predicted octanol–water partition coefficient (Wildman–Crippen LogP) is 0.408. The summed E-state index contributed by atoms with van der Waals surface area (Å²) in [5.74, 6) is 0. The highest BCUT2D eigenvalue weighted by Crippen LogP contribution is 1.90. The van der Waals surface area contributed by atoms with Gasteiger partial charge in [0.2, 0.25) is 0 Å². The van der Waals surface area contributed by atoms with Gasteiger partial charge in [-0.05, 0) is 6.92 Å². The van der Waals surface area contributed by atoms with Gasteiger partial charge in [0.05, 0.1) is 9.04 Å². The van der Waals surface area contributed by atoms with Crippen LogP contribution in [0.25, 0.3) is 0 Å². The molecule has 1 rings (SSSR count). The van der Waals surface area contributed by atoms with Crippen molar-refractivity contribution in [1.29, 1.82) is 0 Å². The summed E-state index contributed by atoms with van der Waals surface area (Å²) in [5.41, 5.74) is 1.32. The molecule has 0 nitrogen and oxygen atoms in total. The van der Waals surface area contributed by atoms with E-state index in [9.17, 15) is 0 Å². The summed E-state index contributed by atoms with van der Waals surface area (Å²) in [6.07, 6.45) is 0. The van der Waals surface area contributed by atoms with Crippen LogP contribution in [-0.4, -0.2) is 18.8 Å². The Hall–Kier alpha value is -0.346. The summed E-state index contributed by atoms with van der Waals surface area (Å²) in [7, 11) is 4.19. The summed E-state index contributed by atoms with van der Waals surface area (Å²) < 4.78 is 0. The first-order valence-corrected chi connectivity index (χ1v) is 5.32. The van der Waals surface area contributed by atoms with Gasteiger partial charge in [0, 0.05) is 9.76 Å². The molecule has 0 aliphatic rings. The number of rotatable bonds is 1. The van der Waals surface area contributed by atoms with Crippen LogP contribution in [0.3, 0.4) is 0 Å². The molecule has 0 unspecified atom stereocenters. The molecule has 0 spiro atoms. The van der Waals surface area contributed by atoms with E-state index in [0.717, 1.165) is 9.04 Å². The van der Waals surface area contributed by atoms with E-state index in [1.807, 2.05) is 0 Å². The fraction of sp³-hybridized carbons (Fsp3) is 0.143. The average Bonchev–Trinajstić information content (AvgIpc) is 1.90. The van der Waals surface area contributed by atoms with E-state index in [1.54, 1.807) is 0 Å². The lowest BCUT2D eigenvalue weighted by Gasteiger charge is -1.93. The smallest absolute Gasteiger partial charge is 0.0604 e. The molecule has 0 aliphatic heterocycles. The van der Waals surface area contributed by atoms with E-state index >= 15 is 0 Å². The normalized spacial score (nSPS) is 9.56. The van der Waals surface area contributed by atoms with Gasteiger partial charge in [0.15, 0.2) is 0 Å². The van der Waals surface area contributed by atoms with Crippen molar-refractivity contribution in [2.75, 3.05) is 0 Å². The Labute approximate surface area is 61.3 Å². The van der Waals surface area contributed by atoms with Crippen molar-refractivity contribution in [3.05, 3.63) is 29.8 Å². The molecule has 0 fully saturated rings. The van der Waals surface area contributed by atoms with Crippen LogP contribution in [0.15, 0.2) is 24.3 Å². The number of benzene rings is 1. The molecule has 0 bridgehead atoms. The van der Waals surface area contributed by atoms with Gasteiger partial charge in [-0.25, -0.2) is 0 Å². The standard InChI is InChI=1S/C7H7Si2/c1-6-2-4-7(9-8)5-3-6/h2-5H,1H3. The summed E-state index contributed by atoms with van der Waals surface area (Å²) >= 11 is 0. The highest BCUT2D eigenvalue weighted by Gasteiger charge is 1.85.